The topological polar surface area (TPSA) is 131 Å². The van der Waals surface area contributed by atoms with Crippen LogP contribution in [0.25, 0.3) is 0 Å². The molecule has 10 nitrogen and oxygen atoms in total. The van der Waals surface area contributed by atoms with Crippen LogP contribution in [0.4, 0.5) is 11.6 Å². The maximum atomic E-state index is 12.4. The Hall–Kier alpha value is -2.95. The van der Waals surface area contributed by atoms with Crippen molar-refractivity contribution in [3.05, 3.63) is 18.2 Å². The van der Waals surface area contributed by atoms with Gasteiger partial charge in [0.2, 0.25) is 11.9 Å². The molecule has 0 aliphatic rings. The van der Waals surface area contributed by atoms with Crippen LogP contribution in [0.2, 0.25) is 0 Å². The van der Waals surface area contributed by atoms with Crippen LogP contribution in [0.1, 0.15) is 6.92 Å². The lowest BCUT2D eigenvalue weighted by atomic mass is 10.2. The van der Waals surface area contributed by atoms with E-state index in [2.05, 4.69) is 15.5 Å². The van der Waals surface area contributed by atoms with Crippen molar-refractivity contribution in [3.63, 3.8) is 0 Å². The highest BCUT2D eigenvalue weighted by Gasteiger charge is 2.16. The van der Waals surface area contributed by atoms with Crippen molar-refractivity contribution in [1.29, 1.82) is 0 Å². The first-order chi connectivity index (χ1) is 13.0. The zero-order chi connectivity index (χ0) is 19.8. The highest BCUT2D eigenvalue weighted by Crippen LogP contribution is 2.29. The summed E-state index contributed by atoms with van der Waals surface area (Å²) in [6.45, 7) is 1.89. The van der Waals surface area contributed by atoms with Gasteiger partial charge in [-0.15, -0.1) is 10.2 Å². The first kappa shape index (κ1) is 20.4. The van der Waals surface area contributed by atoms with Gasteiger partial charge in [-0.05, 0) is 19.1 Å². The van der Waals surface area contributed by atoms with E-state index in [0.29, 0.717) is 28.9 Å². The molecule has 0 saturated heterocycles. The number of benzene rings is 1. The van der Waals surface area contributed by atoms with Gasteiger partial charge < -0.3 is 25.3 Å². The number of thioether (sulfide) groups is 1. The number of nitrogens with one attached hydrogen (secondary N) is 1. The van der Waals surface area contributed by atoms with Gasteiger partial charge in [0.1, 0.15) is 18.0 Å². The van der Waals surface area contributed by atoms with Crippen LogP contribution >= 0.6 is 11.8 Å². The van der Waals surface area contributed by atoms with Crippen molar-refractivity contribution >= 4 is 35.3 Å². The van der Waals surface area contributed by atoms with E-state index in [-0.39, 0.29) is 30.1 Å². The molecule has 0 atom stereocenters. The van der Waals surface area contributed by atoms with Gasteiger partial charge in [-0.3, -0.25) is 14.2 Å². The van der Waals surface area contributed by atoms with Crippen molar-refractivity contribution in [1.82, 2.24) is 14.8 Å². The average molecular weight is 395 g/mol. The van der Waals surface area contributed by atoms with Crippen LogP contribution in [-0.2, 0) is 20.9 Å². The Morgan fingerprint density at radius 3 is 2.70 bits per heavy atom. The predicted octanol–water partition coefficient (Wildman–Crippen LogP) is 1.17. The summed E-state index contributed by atoms with van der Waals surface area (Å²) >= 11 is 1.09. The number of carbonyl (C=O) groups excluding carboxylic acids is 2. The van der Waals surface area contributed by atoms with Crippen molar-refractivity contribution in [2.45, 2.75) is 18.6 Å². The predicted molar refractivity (Wildman–Crippen MR) is 100.0 cm³/mol. The molecule has 0 saturated carbocycles. The van der Waals surface area contributed by atoms with Crippen LogP contribution in [0.5, 0.6) is 11.5 Å². The number of nitrogen functional groups attached to an aromatic ring is 1. The first-order valence-corrected chi connectivity index (χ1v) is 8.96. The molecule has 11 heteroatoms. The number of hydrogen-bond acceptors (Lipinski definition) is 9. The van der Waals surface area contributed by atoms with Gasteiger partial charge in [0, 0.05) is 6.07 Å². The summed E-state index contributed by atoms with van der Waals surface area (Å²) in [7, 11) is 3.03. The highest BCUT2D eigenvalue weighted by atomic mass is 32.2. The molecule has 1 aromatic heterocycles. The van der Waals surface area contributed by atoms with E-state index in [1.54, 1.807) is 25.1 Å². The lowest BCUT2D eigenvalue weighted by Gasteiger charge is -2.12. The molecule has 146 valence electrons. The third-order valence-corrected chi connectivity index (χ3v) is 4.29. The fraction of sp³-hybridized carbons (Fsp3) is 0.375. The van der Waals surface area contributed by atoms with E-state index in [1.807, 2.05) is 0 Å². The SMILES string of the molecule is CCOC(=O)CSc1nnc(N)n1CC(=O)Nc1ccc(OC)cc1OC. The average Bonchev–Trinajstić information content (AvgIpc) is 3.00. The fourth-order valence-electron chi connectivity index (χ4n) is 2.12. The molecular formula is C16H21N5O5S. The molecule has 27 heavy (non-hydrogen) atoms. The van der Waals surface area contributed by atoms with E-state index in [4.69, 9.17) is 19.9 Å². The monoisotopic (exact) mass is 395 g/mol. The standard InChI is InChI=1S/C16H21N5O5S/c1-4-26-14(23)9-27-16-20-19-15(17)21(16)8-13(22)18-11-6-5-10(24-2)7-12(11)25-3/h5-7H,4,8-9H2,1-3H3,(H2,17,19)(H,18,22). The van der Waals surface area contributed by atoms with Crippen LogP contribution in [0.3, 0.4) is 0 Å². The molecule has 2 aromatic rings. The van der Waals surface area contributed by atoms with Crippen LogP contribution < -0.4 is 20.5 Å². The molecule has 1 heterocycles. The Kier molecular flexibility index (Phi) is 7.29. The minimum atomic E-state index is -0.386. The highest BCUT2D eigenvalue weighted by molar-refractivity contribution is 7.99. The number of methoxy groups -OCH3 is 2. The number of aromatic nitrogens is 3. The quantitative estimate of drug-likeness (QED) is 0.474. The minimum absolute atomic E-state index is 0.0416. The van der Waals surface area contributed by atoms with Crippen molar-refractivity contribution in [3.8, 4) is 11.5 Å². The van der Waals surface area contributed by atoms with E-state index < -0.39 is 0 Å². The summed E-state index contributed by atoms with van der Waals surface area (Å²) < 4.78 is 16.7. The number of nitrogens with two attached hydrogens (primary N) is 1. The summed E-state index contributed by atoms with van der Waals surface area (Å²) in [5.74, 6) is 0.422. The third-order valence-electron chi connectivity index (χ3n) is 3.35. The molecule has 0 aliphatic heterocycles. The lowest BCUT2D eigenvalue weighted by molar-refractivity contribution is -0.139. The molecule has 1 amide bonds. The van der Waals surface area contributed by atoms with Crippen LogP contribution in [0.15, 0.2) is 23.4 Å². The van der Waals surface area contributed by atoms with E-state index in [1.165, 1.54) is 18.8 Å². The largest absolute Gasteiger partial charge is 0.497 e. The third kappa shape index (κ3) is 5.51. The Bertz CT molecular complexity index is 810. The first-order valence-electron chi connectivity index (χ1n) is 7.97. The summed E-state index contributed by atoms with van der Waals surface area (Å²) in [5, 5.41) is 10.7. The van der Waals surface area contributed by atoms with Crippen molar-refractivity contribution in [2.24, 2.45) is 0 Å². The fourth-order valence-corrected chi connectivity index (χ4v) is 2.86. The van der Waals surface area contributed by atoms with Crippen LogP contribution in [-0.4, -0.2) is 53.2 Å². The number of amides is 1. The molecule has 0 aliphatic carbocycles. The molecule has 0 bridgehead atoms. The maximum absolute atomic E-state index is 12.4. The lowest BCUT2D eigenvalue weighted by Crippen LogP contribution is -2.21. The second-order valence-corrected chi connectivity index (χ2v) is 6.08. The van der Waals surface area contributed by atoms with E-state index >= 15 is 0 Å². The summed E-state index contributed by atoms with van der Waals surface area (Å²) in [6.07, 6.45) is 0. The van der Waals surface area contributed by atoms with Gasteiger partial charge in [0.15, 0.2) is 5.16 Å². The van der Waals surface area contributed by atoms with Gasteiger partial charge in [0.25, 0.3) is 0 Å². The number of rotatable bonds is 9. The Labute approximate surface area is 160 Å². The summed E-state index contributed by atoms with van der Waals surface area (Å²) in [5.41, 5.74) is 6.26. The number of anilines is 2. The van der Waals surface area contributed by atoms with Crippen LogP contribution in [0, 0.1) is 0 Å². The molecule has 0 unspecified atom stereocenters. The van der Waals surface area contributed by atoms with Gasteiger partial charge in [0.05, 0.1) is 32.3 Å². The number of ether oxygens (including phenoxy) is 3. The second-order valence-electron chi connectivity index (χ2n) is 5.14. The van der Waals surface area contributed by atoms with Crippen molar-refractivity contribution in [2.75, 3.05) is 37.6 Å². The van der Waals surface area contributed by atoms with E-state index in [9.17, 15) is 9.59 Å². The summed E-state index contributed by atoms with van der Waals surface area (Å²) in [6, 6.07) is 5.02. The molecule has 2 rings (SSSR count). The van der Waals surface area contributed by atoms with Gasteiger partial charge in [-0.1, -0.05) is 11.8 Å². The Balaban J connectivity index is 2.06. The molecule has 3 N–H and O–H groups in total. The zero-order valence-electron chi connectivity index (χ0n) is 15.2. The zero-order valence-corrected chi connectivity index (χ0v) is 16.0. The molecule has 1 aromatic carbocycles. The molecule has 0 spiro atoms. The number of esters is 1. The normalized spacial score (nSPS) is 10.3. The van der Waals surface area contributed by atoms with Crippen molar-refractivity contribution < 1.29 is 23.8 Å². The number of hydrogen-bond donors (Lipinski definition) is 2. The number of carbonyl (C=O) groups is 2. The molecule has 0 radical (unpaired) electrons. The molecular weight excluding hydrogens is 374 g/mol. The van der Waals surface area contributed by atoms with Gasteiger partial charge in [-0.25, -0.2) is 0 Å². The number of nitrogens with zero attached hydrogens (tertiary/aromatic N) is 3. The molecule has 0 fully saturated rings. The Morgan fingerprint density at radius 2 is 2.04 bits per heavy atom. The smallest absolute Gasteiger partial charge is 0.316 e. The van der Waals surface area contributed by atoms with E-state index in [0.717, 1.165) is 11.8 Å². The Morgan fingerprint density at radius 1 is 1.26 bits per heavy atom. The minimum Gasteiger partial charge on any atom is -0.497 e. The maximum Gasteiger partial charge on any atom is 0.316 e. The second kappa shape index (κ2) is 9.67. The van der Waals surface area contributed by atoms with Gasteiger partial charge >= 0.3 is 5.97 Å². The summed E-state index contributed by atoms with van der Waals surface area (Å²) in [4.78, 5) is 23.9. The van der Waals surface area contributed by atoms with Gasteiger partial charge in [-0.2, -0.15) is 0 Å².